The van der Waals surface area contributed by atoms with Crippen molar-refractivity contribution in [1.29, 1.82) is 0 Å². The zero-order chi connectivity index (χ0) is 13.0. The monoisotopic (exact) mass is 244 g/mol. The van der Waals surface area contributed by atoms with Gasteiger partial charge in [-0.25, -0.2) is 0 Å². The minimum atomic E-state index is 0.261. The lowest BCUT2D eigenvalue weighted by Crippen LogP contribution is -2.07. The molecule has 0 saturated heterocycles. The summed E-state index contributed by atoms with van der Waals surface area (Å²) >= 11 is 0. The highest BCUT2D eigenvalue weighted by Gasteiger charge is 2.06. The first-order chi connectivity index (χ1) is 8.76. The molecule has 0 spiro atoms. The molecule has 1 unspecified atom stereocenters. The molecule has 18 heavy (non-hydrogen) atoms. The summed E-state index contributed by atoms with van der Waals surface area (Å²) in [6.07, 6.45) is 1.95. The SMILES string of the molecule is CCC(CO)Cc1ccc2cc(OC)ccc2c1. The van der Waals surface area contributed by atoms with Crippen LogP contribution in [0.5, 0.6) is 5.75 Å². The maximum atomic E-state index is 9.25. The van der Waals surface area contributed by atoms with Gasteiger partial charge >= 0.3 is 0 Å². The topological polar surface area (TPSA) is 29.5 Å². The Morgan fingerprint density at radius 3 is 2.50 bits per heavy atom. The number of benzene rings is 2. The molecule has 2 rings (SSSR count). The molecule has 0 aliphatic heterocycles. The fourth-order valence-electron chi connectivity index (χ4n) is 2.20. The van der Waals surface area contributed by atoms with Crippen molar-refractivity contribution in [3.8, 4) is 5.75 Å². The molecule has 0 aliphatic carbocycles. The number of methoxy groups -OCH3 is 1. The maximum absolute atomic E-state index is 9.25. The van der Waals surface area contributed by atoms with Crippen LogP contribution in [0.15, 0.2) is 36.4 Å². The van der Waals surface area contributed by atoms with Gasteiger partial charge in [0.2, 0.25) is 0 Å². The van der Waals surface area contributed by atoms with Crippen LogP contribution < -0.4 is 4.74 Å². The van der Waals surface area contributed by atoms with Gasteiger partial charge in [0, 0.05) is 6.61 Å². The van der Waals surface area contributed by atoms with E-state index in [1.165, 1.54) is 16.3 Å². The number of hydrogen-bond acceptors (Lipinski definition) is 2. The third kappa shape index (κ3) is 2.82. The van der Waals surface area contributed by atoms with Gasteiger partial charge in [0.05, 0.1) is 7.11 Å². The normalized spacial score (nSPS) is 12.6. The van der Waals surface area contributed by atoms with Crippen LogP contribution in [0.4, 0.5) is 0 Å². The average molecular weight is 244 g/mol. The summed E-state index contributed by atoms with van der Waals surface area (Å²) in [5, 5.41) is 11.7. The van der Waals surface area contributed by atoms with Crippen molar-refractivity contribution in [3.05, 3.63) is 42.0 Å². The second-order valence-corrected chi connectivity index (χ2v) is 4.71. The Kier molecular flexibility index (Phi) is 4.21. The standard InChI is InChI=1S/C16H20O2/c1-3-12(11-17)8-13-4-5-15-10-16(18-2)7-6-14(15)9-13/h4-7,9-10,12,17H,3,8,11H2,1-2H3. The van der Waals surface area contributed by atoms with Gasteiger partial charge in [-0.1, -0.05) is 37.6 Å². The van der Waals surface area contributed by atoms with Crippen LogP contribution in [0.3, 0.4) is 0 Å². The van der Waals surface area contributed by atoms with Crippen molar-refractivity contribution in [2.75, 3.05) is 13.7 Å². The first-order valence-corrected chi connectivity index (χ1v) is 6.44. The van der Waals surface area contributed by atoms with E-state index < -0.39 is 0 Å². The highest BCUT2D eigenvalue weighted by atomic mass is 16.5. The van der Waals surface area contributed by atoms with Gasteiger partial charge in [-0.3, -0.25) is 0 Å². The van der Waals surface area contributed by atoms with E-state index in [0.717, 1.165) is 18.6 Å². The van der Waals surface area contributed by atoms with Gasteiger partial charge in [-0.2, -0.15) is 0 Å². The predicted octanol–water partition coefficient (Wildman–Crippen LogP) is 3.41. The van der Waals surface area contributed by atoms with Gasteiger partial charge in [-0.05, 0) is 40.8 Å². The molecule has 2 nitrogen and oxygen atoms in total. The van der Waals surface area contributed by atoms with Crippen LogP contribution in [0, 0.1) is 5.92 Å². The number of hydrogen-bond donors (Lipinski definition) is 1. The maximum Gasteiger partial charge on any atom is 0.119 e. The van der Waals surface area contributed by atoms with Crippen LogP contribution in [-0.2, 0) is 6.42 Å². The molecule has 96 valence electrons. The van der Waals surface area contributed by atoms with Crippen molar-refractivity contribution >= 4 is 10.8 Å². The summed E-state index contributed by atoms with van der Waals surface area (Å²) in [7, 11) is 1.68. The largest absolute Gasteiger partial charge is 0.497 e. The van der Waals surface area contributed by atoms with Gasteiger partial charge in [0.1, 0.15) is 5.75 Å². The molecule has 2 aromatic rings. The summed E-state index contributed by atoms with van der Waals surface area (Å²) < 4.78 is 5.22. The number of aliphatic hydroxyl groups is 1. The van der Waals surface area contributed by atoms with Crippen molar-refractivity contribution in [2.24, 2.45) is 5.92 Å². The van der Waals surface area contributed by atoms with E-state index in [2.05, 4.69) is 31.2 Å². The lowest BCUT2D eigenvalue weighted by atomic mass is 9.96. The summed E-state index contributed by atoms with van der Waals surface area (Å²) in [6.45, 7) is 2.38. The lowest BCUT2D eigenvalue weighted by molar-refractivity contribution is 0.222. The molecule has 1 atom stereocenters. The molecule has 0 aromatic heterocycles. The molecule has 2 heteroatoms. The number of fused-ring (bicyclic) bond motifs is 1. The van der Waals surface area contributed by atoms with Crippen LogP contribution in [0.1, 0.15) is 18.9 Å². The third-order valence-corrected chi connectivity index (χ3v) is 3.47. The van der Waals surface area contributed by atoms with Gasteiger partial charge in [0.15, 0.2) is 0 Å². The lowest BCUT2D eigenvalue weighted by Gasteiger charge is -2.12. The van der Waals surface area contributed by atoms with Crippen molar-refractivity contribution in [1.82, 2.24) is 0 Å². The summed E-state index contributed by atoms with van der Waals surface area (Å²) in [5.41, 5.74) is 1.29. The molecule has 0 fully saturated rings. The van der Waals surface area contributed by atoms with Gasteiger partial charge < -0.3 is 9.84 Å². The van der Waals surface area contributed by atoms with E-state index in [9.17, 15) is 5.11 Å². The number of rotatable bonds is 5. The zero-order valence-corrected chi connectivity index (χ0v) is 11.0. The first kappa shape index (κ1) is 12.9. The summed E-state index contributed by atoms with van der Waals surface area (Å²) in [6, 6.07) is 12.6. The molecule has 0 aliphatic rings. The Hall–Kier alpha value is -1.54. The third-order valence-electron chi connectivity index (χ3n) is 3.47. The van der Waals surface area contributed by atoms with Crippen molar-refractivity contribution < 1.29 is 9.84 Å². The summed E-state index contributed by atoms with van der Waals surface area (Å²) in [4.78, 5) is 0. The minimum absolute atomic E-state index is 0.261. The molecule has 0 saturated carbocycles. The summed E-state index contributed by atoms with van der Waals surface area (Å²) in [5.74, 6) is 1.25. The molecule has 0 heterocycles. The van der Waals surface area contributed by atoms with Crippen LogP contribution in [-0.4, -0.2) is 18.8 Å². The Balaban J connectivity index is 2.27. The fourth-order valence-corrected chi connectivity index (χ4v) is 2.20. The van der Waals surface area contributed by atoms with E-state index >= 15 is 0 Å². The molecule has 0 amide bonds. The van der Waals surface area contributed by atoms with Crippen molar-refractivity contribution in [3.63, 3.8) is 0 Å². The van der Waals surface area contributed by atoms with Crippen molar-refractivity contribution in [2.45, 2.75) is 19.8 Å². The fraction of sp³-hybridized carbons (Fsp3) is 0.375. The van der Waals surface area contributed by atoms with E-state index in [1.807, 2.05) is 12.1 Å². The first-order valence-electron chi connectivity index (χ1n) is 6.44. The number of aliphatic hydroxyl groups excluding tert-OH is 1. The molecule has 1 N–H and O–H groups in total. The molecule has 2 aromatic carbocycles. The highest BCUT2D eigenvalue weighted by Crippen LogP contribution is 2.23. The second kappa shape index (κ2) is 5.87. The van der Waals surface area contributed by atoms with Crippen LogP contribution in [0.2, 0.25) is 0 Å². The molecular weight excluding hydrogens is 224 g/mol. The Morgan fingerprint density at radius 2 is 1.83 bits per heavy atom. The number of ether oxygens (including phenoxy) is 1. The van der Waals surface area contributed by atoms with E-state index in [4.69, 9.17) is 4.74 Å². The quantitative estimate of drug-likeness (QED) is 0.873. The van der Waals surface area contributed by atoms with E-state index in [1.54, 1.807) is 7.11 Å². The van der Waals surface area contributed by atoms with E-state index in [0.29, 0.717) is 5.92 Å². The average Bonchev–Trinajstić information content (AvgIpc) is 2.44. The van der Waals surface area contributed by atoms with Gasteiger partial charge in [-0.15, -0.1) is 0 Å². The Labute approximate surface area is 108 Å². The smallest absolute Gasteiger partial charge is 0.119 e. The van der Waals surface area contributed by atoms with Crippen LogP contribution in [0.25, 0.3) is 10.8 Å². The molecule has 0 bridgehead atoms. The second-order valence-electron chi connectivity index (χ2n) is 4.71. The Bertz CT molecular complexity index is 515. The molecular formula is C16H20O2. The highest BCUT2D eigenvalue weighted by molar-refractivity contribution is 5.84. The zero-order valence-electron chi connectivity index (χ0n) is 11.0. The van der Waals surface area contributed by atoms with E-state index in [-0.39, 0.29) is 6.61 Å². The van der Waals surface area contributed by atoms with Gasteiger partial charge in [0.25, 0.3) is 0 Å². The van der Waals surface area contributed by atoms with Crippen LogP contribution >= 0.6 is 0 Å². The predicted molar refractivity (Wildman–Crippen MR) is 75.1 cm³/mol. The Morgan fingerprint density at radius 1 is 1.11 bits per heavy atom. The molecule has 0 radical (unpaired) electrons. The minimum Gasteiger partial charge on any atom is -0.497 e.